The smallest absolute Gasteiger partial charge is 0.0682 e. The Labute approximate surface area is 183 Å². The van der Waals surface area contributed by atoms with Gasteiger partial charge in [0.1, 0.15) is 0 Å². The van der Waals surface area contributed by atoms with Gasteiger partial charge >= 0.3 is 0 Å². The summed E-state index contributed by atoms with van der Waals surface area (Å²) in [6, 6.07) is 15.0. The summed E-state index contributed by atoms with van der Waals surface area (Å²) in [5, 5.41) is 10.4. The first kappa shape index (κ1) is 23.6. The summed E-state index contributed by atoms with van der Waals surface area (Å²) in [5.74, 6) is 0. The molecule has 1 saturated heterocycles. The SMILES string of the molecule is Cl.Cl.NCCO[C@H]1C[C@@H](O)C12CCN(Cc1ccc(-c3ccccc3)s1)CC2. The Balaban J connectivity index is 0.00000140. The van der Waals surface area contributed by atoms with E-state index < -0.39 is 0 Å². The van der Waals surface area contributed by atoms with Crippen LogP contribution in [0.3, 0.4) is 0 Å². The number of piperidine rings is 1. The third-order valence-electron chi connectivity index (χ3n) is 6.07. The lowest BCUT2D eigenvalue weighted by molar-refractivity contribution is -0.210. The number of hydrogen-bond acceptors (Lipinski definition) is 5. The van der Waals surface area contributed by atoms with E-state index >= 15 is 0 Å². The highest BCUT2D eigenvalue weighted by molar-refractivity contribution is 7.15. The summed E-state index contributed by atoms with van der Waals surface area (Å²) < 4.78 is 5.90. The number of aliphatic hydroxyl groups excluding tert-OH is 1. The number of aliphatic hydroxyl groups is 1. The van der Waals surface area contributed by atoms with Crippen molar-refractivity contribution in [2.24, 2.45) is 11.1 Å². The second-order valence-electron chi connectivity index (χ2n) is 7.54. The van der Waals surface area contributed by atoms with Gasteiger partial charge in [0.25, 0.3) is 0 Å². The van der Waals surface area contributed by atoms with E-state index in [0.29, 0.717) is 13.2 Å². The third kappa shape index (κ3) is 4.73. The molecule has 1 aliphatic carbocycles. The summed E-state index contributed by atoms with van der Waals surface area (Å²) in [6.07, 6.45) is 2.78. The number of benzene rings is 1. The molecule has 2 aromatic rings. The fourth-order valence-electron chi connectivity index (χ4n) is 4.39. The summed E-state index contributed by atoms with van der Waals surface area (Å²) >= 11 is 1.88. The molecule has 2 aliphatic rings. The molecule has 0 bridgehead atoms. The van der Waals surface area contributed by atoms with Crippen LogP contribution in [0.2, 0.25) is 0 Å². The number of hydrogen-bond donors (Lipinski definition) is 2. The predicted molar refractivity (Wildman–Crippen MR) is 121 cm³/mol. The summed E-state index contributed by atoms with van der Waals surface area (Å²) in [4.78, 5) is 5.25. The van der Waals surface area contributed by atoms with Crippen LogP contribution >= 0.6 is 36.2 Å². The van der Waals surface area contributed by atoms with Crippen molar-refractivity contribution in [3.05, 3.63) is 47.3 Å². The van der Waals surface area contributed by atoms with Crippen LogP contribution in [-0.2, 0) is 11.3 Å². The standard InChI is InChI=1S/C21H28N2O2S.2ClH/c22-10-13-25-20-14-19(24)21(20)8-11-23(12-9-21)15-17-6-7-18(26-17)16-4-2-1-3-5-16;;/h1-7,19-20,24H,8-15,22H2;2*1H/t19-,20+;;/m1../s1. The van der Waals surface area contributed by atoms with E-state index in [1.807, 2.05) is 11.3 Å². The number of nitrogens with zero attached hydrogens (tertiary/aromatic N) is 1. The van der Waals surface area contributed by atoms with E-state index in [0.717, 1.165) is 38.9 Å². The van der Waals surface area contributed by atoms with Crippen molar-refractivity contribution in [2.45, 2.75) is 38.0 Å². The van der Waals surface area contributed by atoms with Crippen LogP contribution in [0.1, 0.15) is 24.1 Å². The zero-order valence-electron chi connectivity index (χ0n) is 16.0. The van der Waals surface area contributed by atoms with E-state index in [4.69, 9.17) is 10.5 Å². The molecule has 1 spiro atoms. The van der Waals surface area contributed by atoms with Crippen molar-refractivity contribution < 1.29 is 9.84 Å². The van der Waals surface area contributed by atoms with Crippen molar-refractivity contribution in [3.63, 3.8) is 0 Å². The Morgan fingerprint density at radius 1 is 1.11 bits per heavy atom. The fourth-order valence-corrected chi connectivity index (χ4v) is 5.45. The van der Waals surface area contributed by atoms with Gasteiger partial charge in [-0.15, -0.1) is 36.2 Å². The van der Waals surface area contributed by atoms with Gasteiger partial charge in [-0.25, -0.2) is 0 Å². The molecule has 2 heterocycles. The van der Waals surface area contributed by atoms with Gasteiger partial charge in [-0.1, -0.05) is 30.3 Å². The third-order valence-corrected chi connectivity index (χ3v) is 7.18. The zero-order chi connectivity index (χ0) is 18.0. The average Bonchev–Trinajstić information content (AvgIpc) is 3.15. The molecule has 0 unspecified atom stereocenters. The highest BCUT2D eigenvalue weighted by Crippen LogP contribution is 2.51. The van der Waals surface area contributed by atoms with Crippen LogP contribution < -0.4 is 5.73 Å². The largest absolute Gasteiger partial charge is 0.392 e. The molecule has 1 aliphatic heterocycles. The van der Waals surface area contributed by atoms with E-state index in [1.54, 1.807) is 0 Å². The Bertz CT molecular complexity index is 720. The van der Waals surface area contributed by atoms with Crippen LogP contribution in [0.5, 0.6) is 0 Å². The number of rotatable bonds is 6. The minimum absolute atomic E-state index is 0. The molecule has 156 valence electrons. The van der Waals surface area contributed by atoms with Gasteiger partial charge < -0.3 is 15.6 Å². The van der Waals surface area contributed by atoms with Crippen LogP contribution in [0.25, 0.3) is 10.4 Å². The van der Waals surface area contributed by atoms with Crippen LogP contribution in [-0.4, -0.2) is 48.5 Å². The second-order valence-corrected chi connectivity index (χ2v) is 8.71. The van der Waals surface area contributed by atoms with Gasteiger partial charge in [0.05, 0.1) is 18.8 Å². The van der Waals surface area contributed by atoms with Gasteiger partial charge in [-0.2, -0.15) is 0 Å². The van der Waals surface area contributed by atoms with E-state index in [1.165, 1.54) is 15.3 Å². The molecular weight excluding hydrogens is 415 g/mol. The first-order valence-electron chi connectivity index (χ1n) is 9.57. The molecule has 4 nitrogen and oxygen atoms in total. The second kappa shape index (κ2) is 10.4. The van der Waals surface area contributed by atoms with Crippen molar-refractivity contribution in [1.29, 1.82) is 0 Å². The van der Waals surface area contributed by atoms with Crippen LogP contribution in [0.15, 0.2) is 42.5 Å². The first-order chi connectivity index (χ1) is 12.7. The Hall–Kier alpha value is -0.660. The first-order valence-corrected chi connectivity index (χ1v) is 10.4. The highest BCUT2D eigenvalue weighted by Gasteiger charge is 2.55. The van der Waals surface area contributed by atoms with E-state index in [9.17, 15) is 5.11 Å². The molecule has 0 amide bonds. The minimum Gasteiger partial charge on any atom is -0.392 e. The van der Waals surface area contributed by atoms with Gasteiger partial charge in [0.15, 0.2) is 0 Å². The van der Waals surface area contributed by atoms with Gasteiger partial charge in [0, 0.05) is 34.7 Å². The van der Waals surface area contributed by atoms with Crippen molar-refractivity contribution in [3.8, 4) is 10.4 Å². The predicted octanol–water partition coefficient (Wildman–Crippen LogP) is 3.95. The monoisotopic (exact) mass is 444 g/mol. The maximum atomic E-state index is 10.4. The van der Waals surface area contributed by atoms with Crippen LogP contribution in [0.4, 0.5) is 0 Å². The number of ether oxygens (including phenoxy) is 1. The van der Waals surface area contributed by atoms with E-state index in [-0.39, 0.29) is 42.4 Å². The quantitative estimate of drug-likeness (QED) is 0.707. The molecule has 7 heteroatoms. The molecule has 4 rings (SSSR count). The number of halogens is 2. The Morgan fingerprint density at radius 3 is 2.46 bits per heavy atom. The Morgan fingerprint density at radius 2 is 1.82 bits per heavy atom. The normalized spacial score (nSPS) is 23.5. The lowest BCUT2D eigenvalue weighted by Gasteiger charge is -2.56. The maximum absolute atomic E-state index is 10.4. The lowest BCUT2D eigenvalue weighted by Crippen LogP contribution is -2.62. The fraction of sp³-hybridized carbons (Fsp3) is 0.524. The molecule has 3 N–H and O–H groups in total. The topological polar surface area (TPSA) is 58.7 Å². The number of thiophene rings is 1. The molecular formula is C21H30Cl2N2O2S. The maximum Gasteiger partial charge on any atom is 0.0682 e. The molecule has 28 heavy (non-hydrogen) atoms. The zero-order valence-corrected chi connectivity index (χ0v) is 18.4. The summed E-state index contributed by atoms with van der Waals surface area (Å²) in [6.45, 7) is 4.20. The molecule has 1 saturated carbocycles. The van der Waals surface area contributed by atoms with Crippen LogP contribution in [0, 0.1) is 5.41 Å². The Kier molecular flexibility index (Phi) is 8.77. The lowest BCUT2D eigenvalue weighted by atomic mass is 9.58. The van der Waals surface area contributed by atoms with Gasteiger partial charge in [-0.05, 0) is 43.6 Å². The molecule has 0 radical (unpaired) electrons. The molecule has 1 aromatic carbocycles. The molecule has 2 fully saturated rings. The van der Waals surface area contributed by atoms with E-state index in [2.05, 4.69) is 47.4 Å². The van der Waals surface area contributed by atoms with Gasteiger partial charge in [-0.3, -0.25) is 4.90 Å². The molecule has 2 atom stereocenters. The summed E-state index contributed by atoms with van der Waals surface area (Å²) in [7, 11) is 0. The van der Waals surface area contributed by atoms with Crippen molar-refractivity contribution >= 4 is 36.2 Å². The van der Waals surface area contributed by atoms with Crippen molar-refractivity contribution in [2.75, 3.05) is 26.2 Å². The summed E-state index contributed by atoms with van der Waals surface area (Å²) in [5.41, 5.74) is 6.82. The van der Waals surface area contributed by atoms with Gasteiger partial charge in [0.2, 0.25) is 0 Å². The van der Waals surface area contributed by atoms with Crippen molar-refractivity contribution in [1.82, 2.24) is 4.90 Å². The average molecular weight is 445 g/mol. The number of likely N-dealkylation sites (tertiary alicyclic amines) is 1. The number of nitrogens with two attached hydrogens (primary N) is 1. The highest BCUT2D eigenvalue weighted by atomic mass is 35.5. The molecule has 1 aromatic heterocycles. The minimum atomic E-state index is -0.209.